The fourth-order valence-corrected chi connectivity index (χ4v) is 2.95. The first-order valence-electron chi connectivity index (χ1n) is 6.90. The SMILES string of the molecule is Cc1cc(C)n2nc(SCC(=O)Nc3ccc(Br)cc3)nc2n1. The van der Waals surface area contributed by atoms with Gasteiger partial charge in [-0.2, -0.15) is 4.98 Å². The van der Waals surface area contributed by atoms with Crippen molar-refractivity contribution in [3.63, 3.8) is 0 Å². The number of benzene rings is 1. The molecule has 1 aromatic carbocycles. The van der Waals surface area contributed by atoms with Crippen molar-refractivity contribution in [3.05, 3.63) is 46.2 Å². The number of anilines is 1. The van der Waals surface area contributed by atoms with Crippen LogP contribution in [-0.2, 0) is 4.79 Å². The third kappa shape index (κ3) is 3.89. The highest BCUT2D eigenvalue weighted by molar-refractivity contribution is 9.10. The molecule has 1 amide bonds. The molecule has 0 fully saturated rings. The maximum absolute atomic E-state index is 12.0. The van der Waals surface area contributed by atoms with Crippen LogP contribution in [0.4, 0.5) is 5.69 Å². The molecule has 0 unspecified atom stereocenters. The fraction of sp³-hybridized carbons (Fsp3) is 0.200. The van der Waals surface area contributed by atoms with Crippen LogP contribution in [0.15, 0.2) is 40.0 Å². The summed E-state index contributed by atoms with van der Waals surface area (Å²) >= 11 is 4.65. The van der Waals surface area contributed by atoms with Gasteiger partial charge in [-0.25, -0.2) is 9.50 Å². The number of thioether (sulfide) groups is 1. The molecule has 0 bridgehead atoms. The molecule has 0 aliphatic rings. The molecule has 1 N–H and O–H groups in total. The summed E-state index contributed by atoms with van der Waals surface area (Å²) in [6.45, 7) is 3.87. The smallest absolute Gasteiger partial charge is 0.253 e. The summed E-state index contributed by atoms with van der Waals surface area (Å²) in [7, 11) is 0. The molecule has 23 heavy (non-hydrogen) atoms. The van der Waals surface area contributed by atoms with Crippen molar-refractivity contribution in [2.75, 3.05) is 11.1 Å². The van der Waals surface area contributed by atoms with Gasteiger partial charge in [0, 0.05) is 21.5 Å². The molecule has 3 aromatic rings. The molecule has 0 aliphatic carbocycles. The Morgan fingerprint density at radius 1 is 1.26 bits per heavy atom. The molecule has 0 spiro atoms. The Morgan fingerprint density at radius 3 is 2.74 bits per heavy atom. The molecular formula is C15H14BrN5OS. The minimum Gasteiger partial charge on any atom is -0.325 e. The van der Waals surface area contributed by atoms with Crippen LogP contribution in [-0.4, -0.2) is 31.2 Å². The van der Waals surface area contributed by atoms with Crippen molar-refractivity contribution in [2.24, 2.45) is 0 Å². The fourth-order valence-electron chi connectivity index (χ4n) is 2.07. The standard InChI is InChI=1S/C15H14BrN5OS/c1-9-7-10(2)21-14(17-9)19-15(20-21)23-8-13(22)18-12-5-3-11(16)4-6-12/h3-7H,8H2,1-2H3,(H,18,22). The van der Waals surface area contributed by atoms with E-state index in [9.17, 15) is 4.79 Å². The highest BCUT2D eigenvalue weighted by atomic mass is 79.9. The average molecular weight is 392 g/mol. The summed E-state index contributed by atoms with van der Waals surface area (Å²) in [6, 6.07) is 9.38. The molecule has 2 aromatic heterocycles. The lowest BCUT2D eigenvalue weighted by Crippen LogP contribution is -2.14. The lowest BCUT2D eigenvalue weighted by molar-refractivity contribution is -0.113. The van der Waals surface area contributed by atoms with Crippen LogP contribution in [0.1, 0.15) is 11.4 Å². The van der Waals surface area contributed by atoms with Gasteiger partial charge in [0.25, 0.3) is 5.78 Å². The molecule has 8 heteroatoms. The summed E-state index contributed by atoms with van der Waals surface area (Å²) in [5, 5.41) is 7.74. The zero-order chi connectivity index (χ0) is 16.4. The second-order valence-corrected chi connectivity index (χ2v) is 6.85. The maximum Gasteiger partial charge on any atom is 0.253 e. The summed E-state index contributed by atoms with van der Waals surface area (Å²) in [4.78, 5) is 20.7. The van der Waals surface area contributed by atoms with E-state index in [1.807, 2.05) is 44.2 Å². The van der Waals surface area contributed by atoms with Crippen molar-refractivity contribution >= 4 is 45.1 Å². The zero-order valence-corrected chi connectivity index (χ0v) is 15.0. The predicted octanol–water partition coefficient (Wildman–Crippen LogP) is 3.23. The van der Waals surface area contributed by atoms with E-state index in [0.717, 1.165) is 21.5 Å². The van der Waals surface area contributed by atoms with Crippen LogP contribution in [0.5, 0.6) is 0 Å². The number of carbonyl (C=O) groups excluding carboxylic acids is 1. The second kappa shape index (κ2) is 6.67. The summed E-state index contributed by atoms with van der Waals surface area (Å²) in [5.41, 5.74) is 2.62. The van der Waals surface area contributed by atoms with E-state index in [0.29, 0.717) is 10.9 Å². The third-order valence-electron chi connectivity index (χ3n) is 3.06. The second-order valence-electron chi connectivity index (χ2n) is 4.99. The van der Waals surface area contributed by atoms with E-state index in [4.69, 9.17) is 0 Å². The molecular weight excluding hydrogens is 378 g/mol. The molecule has 6 nitrogen and oxygen atoms in total. The Bertz CT molecular complexity index is 862. The number of fused-ring (bicyclic) bond motifs is 1. The highest BCUT2D eigenvalue weighted by Crippen LogP contribution is 2.17. The number of aryl methyl sites for hydroxylation is 2. The van der Waals surface area contributed by atoms with E-state index in [1.54, 1.807) is 4.52 Å². The number of amides is 1. The Kier molecular flexibility index (Phi) is 4.63. The molecule has 2 heterocycles. The Morgan fingerprint density at radius 2 is 2.00 bits per heavy atom. The van der Waals surface area contributed by atoms with Crippen molar-refractivity contribution in [3.8, 4) is 0 Å². The minimum absolute atomic E-state index is 0.1000. The van der Waals surface area contributed by atoms with Gasteiger partial charge in [0.2, 0.25) is 11.1 Å². The van der Waals surface area contributed by atoms with Gasteiger partial charge >= 0.3 is 0 Å². The monoisotopic (exact) mass is 391 g/mol. The lowest BCUT2D eigenvalue weighted by Gasteiger charge is -2.03. The van der Waals surface area contributed by atoms with E-state index in [1.165, 1.54) is 11.8 Å². The molecule has 0 radical (unpaired) electrons. The number of halogens is 1. The number of hydrogen-bond donors (Lipinski definition) is 1. The van der Waals surface area contributed by atoms with E-state index in [-0.39, 0.29) is 11.7 Å². The van der Waals surface area contributed by atoms with Crippen LogP contribution in [0.3, 0.4) is 0 Å². The first kappa shape index (κ1) is 15.9. The largest absolute Gasteiger partial charge is 0.325 e. The number of nitrogens with zero attached hydrogens (tertiary/aromatic N) is 4. The number of hydrogen-bond acceptors (Lipinski definition) is 5. The van der Waals surface area contributed by atoms with Gasteiger partial charge in [0.1, 0.15) is 0 Å². The van der Waals surface area contributed by atoms with Gasteiger partial charge in [-0.05, 0) is 44.2 Å². The van der Waals surface area contributed by atoms with E-state index >= 15 is 0 Å². The highest BCUT2D eigenvalue weighted by Gasteiger charge is 2.10. The lowest BCUT2D eigenvalue weighted by atomic mass is 10.3. The maximum atomic E-state index is 12.0. The normalized spacial score (nSPS) is 10.9. The van der Waals surface area contributed by atoms with Gasteiger partial charge < -0.3 is 5.32 Å². The van der Waals surface area contributed by atoms with Crippen LogP contribution in [0.2, 0.25) is 0 Å². The van der Waals surface area contributed by atoms with Crippen molar-refractivity contribution in [1.82, 2.24) is 19.6 Å². The molecule has 0 saturated carbocycles. The van der Waals surface area contributed by atoms with Gasteiger partial charge in [0.05, 0.1) is 5.75 Å². The van der Waals surface area contributed by atoms with Gasteiger partial charge in [-0.3, -0.25) is 4.79 Å². The van der Waals surface area contributed by atoms with Crippen molar-refractivity contribution < 1.29 is 4.79 Å². The first-order chi connectivity index (χ1) is 11.0. The van der Waals surface area contributed by atoms with Crippen molar-refractivity contribution in [1.29, 1.82) is 0 Å². The van der Waals surface area contributed by atoms with Crippen molar-refractivity contribution in [2.45, 2.75) is 19.0 Å². The third-order valence-corrected chi connectivity index (χ3v) is 4.43. The zero-order valence-electron chi connectivity index (χ0n) is 12.6. The molecule has 3 rings (SSSR count). The molecule has 0 atom stereocenters. The Balaban J connectivity index is 1.64. The van der Waals surface area contributed by atoms with Gasteiger partial charge in [0.15, 0.2) is 0 Å². The number of carbonyl (C=O) groups is 1. The average Bonchev–Trinajstić information content (AvgIpc) is 2.91. The molecule has 0 aliphatic heterocycles. The first-order valence-corrected chi connectivity index (χ1v) is 8.68. The topological polar surface area (TPSA) is 72.2 Å². The van der Waals surface area contributed by atoms with E-state index < -0.39 is 0 Å². The summed E-state index contributed by atoms with van der Waals surface area (Å²) < 4.78 is 2.65. The number of nitrogens with one attached hydrogen (secondary N) is 1. The minimum atomic E-state index is -0.1000. The number of rotatable bonds is 4. The van der Waals surface area contributed by atoms with Crippen LogP contribution >= 0.6 is 27.7 Å². The van der Waals surface area contributed by atoms with Gasteiger partial charge in [-0.15, -0.1) is 5.10 Å². The summed E-state index contributed by atoms with van der Waals surface area (Å²) in [6.07, 6.45) is 0. The number of aromatic nitrogens is 4. The van der Waals surface area contributed by atoms with E-state index in [2.05, 4.69) is 36.3 Å². The quantitative estimate of drug-likeness (QED) is 0.691. The van der Waals surface area contributed by atoms with Gasteiger partial charge in [-0.1, -0.05) is 27.7 Å². The van der Waals surface area contributed by atoms with Crippen LogP contribution in [0.25, 0.3) is 5.78 Å². The Hall–Kier alpha value is -1.93. The summed E-state index contributed by atoms with van der Waals surface area (Å²) in [5.74, 6) is 0.695. The molecule has 0 saturated heterocycles. The molecule has 118 valence electrons. The van der Waals surface area contributed by atoms with Crippen LogP contribution < -0.4 is 5.32 Å². The predicted molar refractivity (Wildman–Crippen MR) is 93.8 cm³/mol. The Labute approximate surface area is 145 Å². The van der Waals surface area contributed by atoms with Crippen LogP contribution in [0, 0.1) is 13.8 Å².